The summed E-state index contributed by atoms with van der Waals surface area (Å²) in [7, 11) is 0. The van der Waals surface area contributed by atoms with Gasteiger partial charge in [0, 0.05) is 12.4 Å². The first-order chi connectivity index (χ1) is 8.20. The molecule has 0 aliphatic carbocycles. The molecular formula is C11H12N2O3S. The number of hydrogen-bond donors (Lipinski definition) is 1. The van der Waals surface area contributed by atoms with Gasteiger partial charge in [-0.1, -0.05) is 0 Å². The summed E-state index contributed by atoms with van der Waals surface area (Å²) in [5.74, 6) is -0.0152. The Hall–Kier alpha value is -1.56. The third-order valence-corrected chi connectivity index (χ3v) is 3.58. The number of thioether (sulfide) groups is 1. The summed E-state index contributed by atoms with van der Waals surface area (Å²) >= 11 is 1.57. The monoisotopic (exact) mass is 252 g/mol. The van der Waals surface area contributed by atoms with Crippen molar-refractivity contribution in [3.05, 3.63) is 30.1 Å². The van der Waals surface area contributed by atoms with Gasteiger partial charge in [0.1, 0.15) is 6.04 Å². The zero-order valence-corrected chi connectivity index (χ0v) is 9.89. The van der Waals surface area contributed by atoms with Gasteiger partial charge in [0.2, 0.25) is 0 Å². The van der Waals surface area contributed by atoms with Crippen LogP contribution in [0.25, 0.3) is 0 Å². The number of aliphatic carboxylic acids is 1. The molecule has 1 unspecified atom stereocenters. The Balaban J connectivity index is 2.20. The molecule has 1 fully saturated rings. The van der Waals surface area contributed by atoms with Crippen LogP contribution in [0, 0.1) is 0 Å². The van der Waals surface area contributed by atoms with Gasteiger partial charge in [0.15, 0.2) is 0 Å². The summed E-state index contributed by atoms with van der Waals surface area (Å²) in [5, 5.41) is 9.09. The second kappa shape index (κ2) is 5.18. The van der Waals surface area contributed by atoms with Crippen LogP contribution in [0.5, 0.6) is 0 Å². The molecule has 1 aliphatic heterocycles. The number of nitrogens with zero attached hydrogens (tertiary/aromatic N) is 2. The Labute approximate surface area is 103 Å². The lowest BCUT2D eigenvalue weighted by Gasteiger charge is -2.32. The molecule has 1 saturated heterocycles. The molecule has 1 aliphatic rings. The molecule has 1 atom stereocenters. The largest absolute Gasteiger partial charge is 0.480 e. The van der Waals surface area contributed by atoms with Crippen molar-refractivity contribution in [3.63, 3.8) is 0 Å². The SMILES string of the molecule is O=C(O)C1CCSCN1C(=O)c1cccnc1. The van der Waals surface area contributed by atoms with Gasteiger partial charge in [-0.25, -0.2) is 4.79 Å². The van der Waals surface area contributed by atoms with E-state index in [4.69, 9.17) is 5.11 Å². The lowest BCUT2D eigenvalue weighted by molar-refractivity contribution is -0.142. The van der Waals surface area contributed by atoms with Crippen molar-refractivity contribution in [1.82, 2.24) is 9.88 Å². The molecule has 2 rings (SSSR count). The summed E-state index contributed by atoms with van der Waals surface area (Å²) in [6.45, 7) is 0. The van der Waals surface area contributed by atoms with Crippen LogP contribution in [0.1, 0.15) is 16.8 Å². The van der Waals surface area contributed by atoms with Crippen LogP contribution in [0.2, 0.25) is 0 Å². The minimum absolute atomic E-state index is 0.266. The molecule has 0 radical (unpaired) electrons. The minimum Gasteiger partial charge on any atom is -0.480 e. The van der Waals surface area contributed by atoms with Crippen LogP contribution in [0.4, 0.5) is 0 Å². The quantitative estimate of drug-likeness (QED) is 0.852. The molecule has 1 aromatic heterocycles. The molecule has 17 heavy (non-hydrogen) atoms. The molecule has 1 aromatic rings. The van der Waals surface area contributed by atoms with Gasteiger partial charge < -0.3 is 10.0 Å². The molecular weight excluding hydrogens is 240 g/mol. The lowest BCUT2D eigenvalue weighted by Crippen LogP contribution is -2.47. The molecule has 90 valence electrons. The van der Waals surface area contributed by atoms with E-state index < -0.39 is 12.0 Å². The third kappa shape index (κ3) is 2.58. The molecule has 0 bridgehead atoms. The fourth-order valence-corrected chi connectivity index (χ4v) is 2.73. The van der Waals surface area contributed by atoms with E-state index in [2.05, 4.69) is 4.98 Å². The van der Waals surface area contributed by atoms with E-state index in [1.807, 2.05) is 0 Å². The molecule has 0 aromatic carbocycles. The summed E-state index contributed by atoms with van der Waals surface area (Å²) in [6, 6.07) is 2.59. The summed E-state index contributed by atoms with van der Waals surface area (Å²) < 4.78 is 0. The van der Waals surface area contributed by atoms with Crippen molar-refractivity contribution in [2.75, 3.05) is 11.6 Å². The Morgan fingerprint density at radius 1 is 1.53 bits per heavy atom. The standard InChI is InChI=1S/C11H12N2O3S/c14-10(8-2-1-4-12-6-8)13-7-17-5-3-9(13)11(15)16/h1-2,4,6,9H,3,5,7H2,(H,15,16). The van der Waals surface area contributed by atoms with Crippen LogP contribution in [0.15, 0.2) is 24.5 Å². The fourth-order valence-electron chi connectivity index (χ4n) is 1.72. The number of aromatic nitrogens is 1. The highest BCUT2D eigenvalue weighted by molar-refractivity contribution is 7.99. The van der Waals surface area contributed by atoms with E-state index in [1.54, 1.807) is 30.1 Å². The Morgan fingerprint density at radius 3 is 3.00 bits per heavy atom. The van der Waals surface area contributed by atoms with Crippen LogP contribution in [0.3, 0.4) is 0 Å². The summed E-state index contributed by atoms with van der Waals surface area (Å²) in [4.78, 5) is 28.5. The fraction of sp³-hybridized carbons (Fsp3) is 0.364. The van der Waals surface area contributed by atoms with Crippen molar-refractivity contribution >= 4 is 23.6 Å². The number of carbonyl (C=O) groups is 2. The van der Waals surface area contributed by atoms with Gasteiger partial charge in [0.05, 0.1) is 11.4 Å². The van der Waals surface area contributed by atoms with Gasteiger partial charge in [-0.05, 0) is 24.3 Å². The first-order valence-corrected chi connectivity index (χ1v) is 6.37. The molecule has 1 N–H and O–H groups in total. The van der Waals surface area contributed by atoms with Crippen molar-refractivity contribution in [3.8, 4) is 0 Å². The smallest absolute Gasteiger partial charge is 0.326 e. The maximum atomic E-state index is 12.1. The zero-order chi connectivity index (χ0) is 12.3. The van der Waals surface area contributed by atoms with E-state index in [-0.39, 0.29) is 5.91 Å². The average molecular weight is 252 g/mol. The van der Waals surface area contributed by atoms with Crippen LogP contribution >= 0.6 is 11.8 Å². The number of carboxylic acid groups (broad SMARTS) is 1. The van der Waals surface area contributed by atoms with E-state index in [1.165, 1.54) is 11.1 Å². The lowest BCUT2D eigenvalue weighted by atomic mass is 10.1. The normalized spacial score (nSPS) is 20.0. The zero-order valence-electron chi connectivity index (χ0n) is 9.07. The second-order valence-corrected chi connectivity index (χ2v) is 4.77. The highest BCUT2D eigenvalue weighted by atomic mass is 32.2. The predicted molar refractivity (Wildman–Crippen MR) is 63.8 cm³/mol. The maximum Gasteiger partial charge on any atom is 0.326 e. The number of rotatable bonds is 2. The van der Waals surface area contributed by atoms with Crippen molar-refractivity contribution in [2.45, 2.75) is 12.5 Å². The number of hydrogen-bond acceptors (Lipinski definition) is 4. The van der Waals surface area contributed by atoms with Crippen LogP contribution < -0.4 is 0 Å². The van der Waals surface area contributed by atoms with E-state index in [0.717, 1.165) is 5.75 Å². The highest BCUT2D eigenvalue weighted by Crippen LogP contribution is 2.22. The average Bonchev–Trinajstić information content (AvgIpc) is 2.39. The summed E-state index contributed by atoms with van der Waals surface area (Å²) in [6.07, 6.45) is 3.53. The van der Waals surface area contributed by atoms with Gasteiger partial charge in [-0.2, -0.15) is 0 Å². The van der Waals surface area contributed by atoms with Gasteiger partial charge in [-0.3, -0.25) is 9.78 Å². The molecule has 0 spiro atoms. The van der Waals surface area contributed by atoms with Crippen molar-refractivity contribution in [1.29, 1.82) is 0 Å². The predicted octanol–water partition coefficient (Wildman–Crippen LogP) is 1.07. The second-order valence-electron chi connectivity index (χ2n) is 3.70. The minimum atomic E-state index is -0.942. The molecule has 2 heterocycles. The van der Waals surface area contributed by atoms with Crippen LogP contribution in [-0.4, -0.2) is 44.5 Å². The third-order valence-electron chi connectivity index (χ3n) is 2.60. The first-order valence-electron chi connectivity index (χ1n) is 5.21. The van der Waals surface area contributed by atoms with E-state index in [9.17, 15) is 9.59 Å². The number of carboxylic acids is 1. The van der Waals surface area contributed by atoms with Crippen molar-refractivity contribution < 1.29 is 14.7 Å². The van der Waals surface area contributed by atoms with Crippen molar-refractivity contribution in [2.24, 2.45) is 0 Å². The summed E-state index contributed by atoms with van der Waals surface area (Å²) in [5.41, 5.74) is 0.432. The van der Waals surface area contributed by atoms with Gasteiger partial charge >= 0.3 is 5.97 Å². The highest BCUT2D eigenvalue weighted by Gasteiger charge is 2.32. The number of carbonyl (C=O) groups excluding carboxylic acids is 1. The Bertz CT molecular complexity index is 424. The molecule has 0 saturated carbocycles. The first kappa shape index (κ1) is 11.9. The molecule has 5 nitrogen and oxygen atoms in total. The van der Waals surface area contributed by atoms with Gasteiger partial charge in [0.25, 0.3) is 5.91 Å². The van der Waals surface area contributed by atoms with E-state index >= 15 is 0 Å². The molecule has 1 amide bonds. The number of pyridine rings is 1. The topological polar surface area (TPSA) is 70.5 Å². The van der Waals surface area contributed by atoms with Crippen LogP contribution in [-0.2, 0) is 4.79 Å². The van der Waals surface area contributed by atoms with E-state index in [0.29, 0.717) is 17.9 Å². The molecule has 6 heteroatoms. The Morgan fingerprint density at radius 2 is 2.35 bits per heavy atom. The van der Waals surface area contributed by atoms with Gasteiger partial charge in [-0.15, -0.1) is 11.8 Å². The maximum absolute atomic E-state index is 12.1. The Kier molecular flexibility index (Phi) is 3.63. The number of amides is 1.